The van der Waals surface area contributed by atoms with Gasteiger partial charge in [-0.15, -0.1) is 0 Å². The Balaban J connectivity index is 2.30. The van der Waals surface area contributed by atoms with E-state index in [1.165, 1.54) is 29.7 Å². The van der Waals surface area contributed by atoms with Gasteiger partial charge in [0.25, 0.3) is 10.0 Å². The summed E-state index contributed by atoms with van der Waals surface area (Å²) in [4.78, 5) is 4.14. The highest BCUT2D eigenvalue weighted by atomic mass is 32.2. The zero-order valence-electron chi connectivity index (χ0n) is 11.4. The summed E-state index contributed by atoms with van der Waals surface area (Å²) in [5.41, 5.74) is 0.515. The lowest BCUT2D eigenvalue weighted by Crippen LogP contribution is -2.26. The molecule has 0 radical (unpaired) electrons. The monoisotopic (exact) mass is 292 g/mol. The van der Waals surface area contributed by atoms with Crippen LogP contribution < -0.4 is 9.04 Å². The normalized spacial score (nSPS) is 11.1. The number of benzene rings is 1. The van der Waals surface area contributed by atoms with E-state index in [1.54, 1.807) is 30.5 Å². The molecule has 6 heteroatoms. The van der Waals surface area contributed by atoms with E-state index in [2.05, 4.69) is 4.98 Å². The van der Waals surface area contributed by atoms with Crippen molar-refractivity contribution in [3.8, 4) is 5.75 Å². The molecule has 0 aliphatic heterocycles. The molecule has 0 N–H and O–H groups in total. The summed E-state index contributed by atoms with van der Waals surface area (Å²) >= 11 is 0. The maximum Gasteiger partial charge on any atom is 0.264 e. The minimum absolute atomic E-state index is 0.215. The van der Waals surface area contributed by atoms with E-state index in [-0.39, 0.29) is 4.90 Å². The third kappa shape index (κ3) is 2.91. The first-order chi connectivity index (χ1) is 9.55. The number of hydrogen-bond acceptors (Lipinski definition) is 4. The van der Waals surface area contributed by atoms with Gasteiger partial charge < -0.3 is 4.74 Å². The van der Waals surface area contributed by atoms with Crippen LogP contribution in [0.1, 0.15) is 6.92 Å². The van der Waals surface area contributed by atoms with Crippen LogP contribution in [0.15, 0.2) is 53.7 Å². The lowest BCUT2D eigenvalue weighted by atomic mass is 10.3. The highest BCUT2D eigenvalue weighted by molar-refractivity contribution is 7.92. The molecule has 0 aliphatic rings. The van der Waals surface area contributed by atoms with Crippen molar-refractivity contribution in [2.45, 2.75) is 11.8 Å². The van der Waals surface area contributed by atoms with Gasteiger partial charge in [0.1, 0.15) is 5.75 Å². The van der Waals surface area contributed by atoms with E-state index in [0.29, 0.717) is 18.0 Å². The highest BCUT2D eigenvalue weighted by Gasteiger charge is 2.21. The molecular weight excluding hydrogens is 276 g/mol. The number of ether oxygens (including phenoxy) is 1. The molecule has 106 valence electrons. The smallest absolute Gasteiger partial charge is 0.264 e. The van der Waals surface area contributed by atoms with E-state index in [0.717, 1.165) is 0 Å². The van der Waals surface area contributed by atoms with Gasteiger partial charge in [-0.3, -0.25) is 9.29 Å². The molecule has 0 atom stereocenters. The molecule has 20 heavy (non-hydrogen) atoms. The summed E-state index contributed by atoms with van der Waals surface area (Å²) in [6, 6.07) is 9.75. The van der Waals surface area contributed by atoms with Crippen LogP contribution >= 0.6 is 0 Å². The molecule has 0 unspecified atom stereocenters. The Morgan fingerprint density at radius 3 is 2.45 bits per heavy atom. The first-order valence-electron chi connectivity index (χ1n) is 6.17. The topological polar surface area (TPSA) is 59.5 Å². The Bertz CT molecular complexity index is 655. The Labute approximate surface area is 118 Å². The van der Waals surface area contributed by atoms with Crippen LogP contribution in [0.5, 0.6) is 5.75 Å². The first-order valence-corrected chi connectivity index (χ1v) is 7.61. The maximum atomic E-state index is 12.5. The second-order valence-electron chi connectivity index (χ2n) is 4.09. The van der Waals surface area contributed by atoms with Gasteiger partial charge in [-0.25, -0.2) is 8.42 Å². The molecule has 0 amide bonds. The average molecular weight is 292 g/mol. The quantitative estimate of drug-likeness (QED) is 0.848. The van der Waals surface area contributed by atoms with Crippen LogP contribution in [0.4, 0.5) is 5.69 Å². The van der Waals surface area contributed by atoms with Gasteiger partial charge in [-0.1, -0.05) is 0 Å². The molecule has 5 nitrogen and oxygen atoms in total. The number of anilines is 1. The summed E-state index contributed by atoms with van der Waals surface area (Å²) in [5, 5.41) is 0. The van der Waals surface area contributed by atoms with Crippen LogP contribution in [0.3, 0.4) is 0 Å². The number of rotatable bonds is 5. The van der Waals surface area contributed by atoms with Crippen LogP contribution in [0.25, 0.3) is 0 Å². The van der Waals surface area contributed by atoms with Crippen LogP contribution in [0.2, 0.25) is 0 Å². The summed E-state index contributed by atoms with van der Waals surface area (Å²) in [6.45, 7) is 2.42. The molecule has 1 aromatic heterocycles. The van der Waals surface area contributed by atoms with E-state index >= 15 is 0 Å². The fourth-order valence-corrected chi connectivity index (χ4v) is 2.89. The van der Waals surface area contributed by atoms with Crippen molar-refractivity contribution in [3.05, 3.63) is 48.8 Å². The van der Waals surface area contributed by atoms with E-state index < -0.39 is 10.0 Å². The Morgan fingerprint density at radius 1 is 1.20 bits per heavy atom. The zero-order chi connectivity index (χ0) is 14.6. The summed E-state index contributed by atoms with van der Waals surface area (Å²) in [7, 11) is -2.08. The van der Waals surface area contributed by atoms with Gasteiger partial charge >= 0.3 is 0 Å². The Hall–Kier alpha value is -2.08. The van der Waals surface area contributed by atoms with Crippen molar-refractivity contribution < 1.29 is 13.2 Å². The summed E-state index contributed by atoms with van der Waals surface area (Å²) < 4.78 is 31.4. The number of aromatic nitrogens is 1. The maximum absolute atomic E-state index is 12.5. The zero-order valence-corrected chi connectivity index (χ0v) is 12.2. The fourth-order valence-electron chi connectivity index (χ4n) is 1.71. The van der Waals surface area contributed by atoms with Gasteiger partial charge in [-0.05, 0) is 43.3 Å². The lowest BCUT2D eigenvalue weighted by Gasteiger charge is -2.19. The lowest BCUT2D eigenvalue weighted by molar-refractivity contribution is 0.340. The molecular formula is C14H16N2O3S. The average Bonchev–Trinajstić information content (AvgIpc) is 2.48. The van der Waals surface area contributed by atoms with E-state index in [9.17, 15) is 8.42 Å². The van der Waals surface area contributed by atoms with Gasteiger partial charge in [0.2, 0.25) is 0 Å². The van der Waals surface area contributed by atoms with Crippen molar-refractivity contribution in [2.24, 2.45) is 0 Å². The van der Waals surface area contributed by atoms with E-state index in [1.807, 2.05) is 6.92 Å². The SMILES string of the molecule is CCOc1ccc(S(=O)(=O)N(C)c2cccnc2)cc1. The summed E-state index contributed by atoms with van der Waals surface area (Å²) in [5.74, 6) is 0.649. The largest absolute Gasteiger partial charge is 0.494 e. The molecule has 2 rings (SSSR count). The van der Waals surface area contributed by atoms with Crippen molar-refractivity contribution in [1.82, 2.24) is 4.98 Å². The molecule has 0 saturated heterocycles. The Morgan fingerprint density at radius 2 is 1.90 bits per heavy atom. The fraction of sp³-hybridized carbons (Fsp3) is 0.214. The Kier molecular flexibility index (Phi) is 4.24. The molecule has 1 heterocycles. The van der Waals surface area contributed by atoms with Crippen LogP contribution in [-0.2, 0) is 10.0 Å². The second-order valence-corrected chi connectivity index (χ2v) is 6.06. The van der Waals surface area contributed by atoms with E-state index in [4.69, 9.17) is 4.74 Å². The highest BCUT2D eigenvalue weighted by Crippen LogP contribution is 2.22. The van der Waals surface area contributed by atoms with Crippen molar-refractivity contribution in [1.29, 1.82) is 0 Å². The van der Waals surface area contributed by atoms with Crippen molar-refractivity contribution in [3.63, 3.8) is 0 Å². The van der Waals surface area contributed by atoms with Gasteiger partial charge in [0, 0.05) is 13.2 Å². The summed E-state index contributed by atoms with van der Waals surface area (Å²) in [6.07, 6.45) is 3.10. The standard InChI is InChI=1S/C14H16N2O3S/c1-3-19-13-6-8-14(9-7-13)20(17,18)16(2)12-5-4-10-15-11-12/h4-11H,3H2,1-2H3. The molecule has 0 saturated carbocycles. The molecule has 0 bridgehead atoms. The first kappa shape index (κ1) is 14.3. The van der Waals surface area contributed by atoms with Crippen molar-refractivity contribution >= 4 is 15.7 Å². The minimum Gasteiger partial charge on any atom is -0.494 e. The predicted molar refractivity (Wildman–Crippen MR) is 77.4 cm³/mol. The molecule has 0 spiro atoms. The number of nitrogens with zero attached hydrogens (tertiary/aromatic N) is 2. The molecule has 0 fully saturated rings. The number of sulfonamides is 1. The van der Waals surface area contributed by atoms with Gasteiger partial charge in [0.05, 0.1) is 23.4 Å². The number of pyridine rings is 1. The van der Waals surface area contributed by atoms with Gasteiger partial charge in [-0.2, -0.15) is 0 Å². The predicted octanol–water partition coefficient (Wildman–Crippen LogP) is 2.31. The minimum atomic E-state index is -3.59. The third-order valence-electron chi connectivity index (χ3n) is 2.80. The second kappa shape index (κ2) is 5.92. The molecule has 2 aromatic rings. The van der Waals surface area contributed by atoms with Crippen molar-refractivity contribution in [2.75, 3.05) is 18.0 Å². The van der Waals surface area contributed by atoms with Crippen LogP contribution in [-0.4, -0.2) is 27.1 Å². The van der Waals surface area contributed by atoms with Gasteiger partial charge in [0.15, 0.2) is 0 Å². The van der Waals surface area contributed by atoms with Crippen LogP contribution in [0, 0.1) is 0 Å². The molecule has 0 aliphatic carbocycles. The molecule has 1 aromatic carbocycles. The number of hydrogen-bond donors (Lipinski definition) is 0. The third-order valence-corrected chi connectivity index (χ3v) is 4.60.